The summed E-state index contributed by atoms with van der Waals surface area (Å²) in [4.78, 5) is 79.7. The largest absolute Gasteiger partial charge is 0.480 e. The molecule has 2 atom stereocenters. The fourth-order valence-electron chi connectivity index (χ4n) is 5.70. The minimum atomic E-state index is -1.30. The highest BCUT2D eigenvalue weighted by molar-refractivity contribution is 5.98. The first-order chi connectivity index (χ1) is 24.5. The molecule has 0 bridgehead atoms. The number of H-pyrrole nitrogens is 2. The van der Waals surface area contributed by atoms with Crippen LogP contribution < -0.4 is 26.5 Å². The van der Waals surface area contributed by atoms with Crippen LogP contribution in [-0.2, 0) is 22.4 Å². The number of aliphatic carboxylic acids is 2. The number of hydrogen-bond donors (Lipinski definition) is 6. The predicted molar refractivity (Wildman–Crippen MR) is 187 cm³/mol. The molecule has 2 aromatic heterocycles. The van der Waals surface area contributed by atoms with Crippen molar-refractivity contribution in [2.24, 2.45) is 0 Å². The van der Waals surface area contributed by atoms with E-state index >= 15 is 0 Å². The number of benzene rings is 4. The highest BCUT2D eigenvalue weighted by Gasteiger charge is 2.24. The van der Waals surface area contributed by atoms with Crippen LogP contribution in [0.1, 0.15) is 31.8 Å². The Hall–Kier alpha value is -7.02. The predicted octanol–water partition coefficient (Wildman–Crippen LogP) is 4.01. The molecule has 0 aliphatic rings. The van der Waals surface area contributed by atoms with Gasteiger partial charge in [-0.2, -0.15) is 0 Å². The molecule has 0 radical (unpaired) electrons. The summed E-state index contributed by atoms with van der Waals surface area (Å²) in [6.07, 6.45) is -0.216. The van der Waals surface area contributed by atoms with Crippen LogP contribution in [-0.4, -0.2) is 56.0 Å². The van der Waals surface area contributed by atoms with Crippen molar-refractivity contribution < 1.29 is 34.1 Å². The normalized spacial score (nSPS) is 12.2. The monoisotopic (exact) mass is 686 g/mol. The number of carboxylic acids is 2. The van der Waals surface area contributed by atoms with Crippen molar-refractivity contribution in [2.75, 3.05) is 0 Å². The highest BCUT2D eigenvalue weighted by Crippen LogP contribution is 2.23. The summed E-state index contributed by atoms with van der Waals surface area (Å²) in [6, 6.07) is 25.9. The van der Waals surface area contributed by atoms with Gasteiger partial charge in [-0.05, 0) is 71.8 Å². The van der Waals surface area contributed by atoms with E-state index in [1.165, 1.54) is 60.7 Å². The van der Waals surface area contributed by atoms with Crippen molar-refractivity contribution in [1.29, 1.82) is 0 Å². The van der Waals surface area contributed by atoms with Crippen LogP contribution in [0, 0.1) is 0 Å². The number of aromatic amines is 2. The summed E-state index contributed by atoms with van der Waals surface area (Å²) in [5.41, 5.74) is 1.67. The summed E-state index contributed by atoms with van der Waals surface area (Å²) < 4.78 is 5.83. The molecule has 0 aliphatic carbocycles. The third kappa shape index (κ3) is 8.00. The maximum atomic E-state index is 13.0. The Morgan fingerprint density at radius 1 is 0.569 bits per heavy atom. The maximum Gasteiger partial charge on any atom is 0.326 e. The molecule has 2 heterocycles. The molecular weight excluding hydrogens is 656 g/mol. The van der Waals surface area contributed by atoms with E-state index in [9.17, 15) is 39.0 Å². The van der Waals surface area contributed by atoms with Gasteiger partial charge in [-0.25, -0.2) is 9.59 Å². The van der Waals surface area contributed by atoms with E-state index in [4.69, 9.17) is 4.74 Å². The SMILES string of the molecule is O=C(NC(Cc1cc(=O)[nH]c2ccccc12)C(=O)O)c1ccc(Oc2ccc(C(=O)NC(Cc3cc(=O)[nH]c4ccccc34)C(=O)O)cc2)cc1. The van der Waals surface area contributed by atoms with Crippen LogP contribution in [0.25, 0.3) is 21.8 Å². The molecule has 51 heavy (non-hydrogen) atoms. The minimum absolute atomic E-state index is 0.108. The number of aromatic nitrogens is 2. The number of fused-ring (bicyclic) bond motifs is 2. The minimum Gasteiger partial charge on any atom is -0.480 e. The summed E-state index contributed by atoms with van der Waals surface area (Å²) in [7, 11) is 0. The Bertz CT molecular complexity index is 2230. The molecule has 2 amide bonds. The van der Waals surface area contributed by atoms with E-state index in [1.807, 2.05) is 0 Å². The molecule has 0 fully saturated rings. The Morgan fingerprint density at radius 3 is 1.31 bits per heavy atom. The molecule has 13 nitrogen and oxygen atoms in total. The molecule has 2 unspecified atom stereocenters. The lowest BCUT2D eigenvalue weighted by Crippen LogP contribution is -2.42. The number of carboxylic acid groups (broad SMARTS) is 2. The fraction of sp³-hybridized carbons (Fsp3) is 0.105. The van der Waals surface area contributed by atoms with Gasteiger partial charge in [0.25, 0.3) is 11.8 Å². The Morgan fingerprint density at radius 2 is 0.941 bits per heavy atom. The first kappa shape index (κ1) is 33.9. The zero-order chi connectivity index (χ0) is 36.1. The number of carbonyl (C=O) groups excluding carboxylic acids is 2. The number of amides is 2. The number of carbonyl (C=O) groups is 4. The molecule has 6 N–H and O–H groups in total. The lowest BCUT2D eigenvalue weighted by atomic mass is 10.0. The molecule has 0 spiro atoms. The molecule has 13 heteroatoms. The standard InChI is InChI=1S/C38H30N4O9/c43-33-19-23(27-5-1-3-7-29(27)39-33)17-31(37(47)48)41-35(45)21-9-13-25(14-10-21)51-26-15-11-22(12-16-26)36(46)42-32(38(49)50)18-24-20-34(44)40-30-8-4-2-6-28(24)30/h1-16,19-20,31-32H,17-18H2,(H,39,43)(H,40,44)(H,41,45)(H,42,46)(H,47,48)(H,49,50). The quantitative estimate of drug-likeness (QED) is 0.110. The zero-order valence-electron chi connectivity index (χ0n) is 26.7. The summed E-state index contributed by atoms with van der Waals surface area (Å²) in [5.74, 6) is -3.08. The van der Waals surface area contributed by atoms with E-state index in [0.29, 0.717) is 44.4 Å². The Balaban J connectivity index is 1.07. The van der Waals surface area contributed by atoms with Crippen LogP contribution in [0.3, 0.4) is 0 Å². The van der Waals surface area contributed by atoms with E-state index in [-0.39, 0.29) is 35.1 Å². The fourth-order valence-corrected chi connectivity index (χ4v) is 5.70. The van der Waals surface area contributed by atoms with Gasteiger partial charge in [-0.15, -0.1) is 0 Å². The van der Waals surface area contributed by atoms with Crippen molar-refractivity contribution in [3.8, 4) is 11.5 Å². The van der Waals surface area contributed by atoms with Crippen molar-refractivity contribution in [3.63, 3.8) is 0 Å². The second-order valence-corrected chi connectivity index (χ2v) is 11.7. The van der Waals surface area contributed by atoms with Gasteiger partial charge < -0.3 is 35.6 Å². The van der Waals surface area contributed by atoms with Gasteiger partial charge >= 0.3 is 11.9 Å². The molecule has 0 saturated heterocycles. The highest BCUT2D eigenvalue weighted by atomic mass is 16.5. The summed E-state index contributed by atoms with van der Waals surface area (Å²) >= 11 is 0. The van der Waals surface area contributed by atoms with Gasteiger partial charge in [0.05, 0.1) is 0 Å². The van der Waals surface area contributed by atoms with Crippen LogP contribution in [0.15, 0.2) is 119 Å². The van der Waals surface area contributed by atoms with Gasteiger partial charge in [-0.1, -0.05) is 36.4 Å². The number of hydrogen-bond acceptors (Lipinski definition) is 7. The topological polar surface area (TPSA) is 208 Å². The average molecular weight is 687 g/mol. The summed E-state index contributed by atoms with van der Waals surface area (Å²) in [5, 5.41) is 26.0. The maximum absolute atomic E-state index is 13.0. The smallest absolute Gasteiger partial charge is 0.326 e. The van der Waals surface area contributed by atoms with Gasteiger partial charge in [-0.3, -0.25) is 19.2 Å². The first-order valence-corrected chi connectivity index (χ1v) is 15.7. The van der Waals surface area contributed by atoms with Gasteiger partial charge in [0.15, 0.2) is 0 Å². The van der Waals surface area contributed by atoms with Gasteiger partial charge in [0.2, 0.25) is 11.1 Å². The van der Waals surface area contributed by atoms with Gasteiger partial charge in [0.1, 0.15) is 23.6 Å². The zero-order valence-corrected chi connectivity index (χ0v) is 26.7. The average Bonchev–Trinajstić information content (AvgIpc) is 3.11. The lowest BCUT2D eigenvalue weighted by molar-refractivity contribution is -0.140. The van der Waals surface area contributed by atoms with Crippen LogP contribution in [0.4, 0.5) is 0 Å². The third-order valence-electron chi connectivity index (χ3n) is 8.20. The van der Waals surface area contributed by atoms with Gasteiger partial charge in [0, 0.05) is 57.9 Å². The van der Waals surface area contributed by atoms with E-state index < -0.39 is 35.8 Å². The first-order valence-electron chi connectivity index (χ1n) is 15.7. The number of para-hydroxylation sites is 2. The number of pyridine rings is 2. The molecule has 6 rings (SSSR count). The lowest BCUT2D eigenvalue weighted by Gasteiger charge is -2.16. The second kappa shape index (κ2) is 14.6. The van der Waals surface area contributed by atoms with E-state index in [1.54, 1.807) is 48.5 Å². The Labute approximate surface area is 288 Å². The molecular formula is C38H30N4O9. The molecule has 4 aromatic carbocycles. The van der Waals surface area contributed by atoms with Crippen molar-refractivity contribution in [1.82, 2.24) is 20.6 Å². The molecule has 256 valence electrons. The number of rotatable bonds is 12. The van der Waals surface area contributed by atoms with E-state index in [2.05, 4.69) is 20.6 Å². The van der Waals surface area contributed by atoms with Crippen LogP contribution in [0.2, 0.25) is 0 Å². The van der Waals surface area contributed by atoms with Crippen molar-refractivity contribution in [3.05, 3.63) is 152 Å². The molecule has 6 aromatic rings. The Kier molecular flexibility index (Phi) is 9.71. The van der Waals surface area contributed by atoms with Crippen molar-refractivity contribution in [2.45, 2.75) is 24.9 Å². The second-order valence-electron chi connectivity index (χ2n) is 11.7. The van der Waals surface area contributed by atoms with Crippen LogP contribution >= 0.6 is 0 Å². The van der Waals surface area contributed by atoms with E-state index in [0.717, 1.165) is 0 Å². The third-order valence-corrected chi connectivity index (χ3v) is 8.20. The van der Waals surface area contributed by atoms with Crippen LogP contribution in [0.5, 0.6) is 11.5 Å². The molecule has 0 aliphatic heterocycles. The molecule has 0 saturated carbocycles. The van der Waals surface area contributed by atoms with Crippen molar-refractivity contribution >= 4 is 45.6 Å². The summed E-state index contributed by atoms with van der Waals surface area (Å²) in [6.45, 7) is 0. The number of ether oxygens (including phenoxy) is 1. The number of nitrogens with one attached hydrogen (secondary N) is 4.